The Balaban J connectivity index is 1.76. The second kappa shape index (κ2) is 6.10. The fourth-order valence-electron chi connectivity index (χ4n) is 2.84. The third-order valence-corrected chi connectivity index (χ3v) is 5.76. The number of aryl methyl sites for hydroxylation is 1. The molecule has 23 heavy (non-hydrogen) atoms. The number of rotatable bonds is 5. The van der Waals surface area contributed by atoms with Gasteiger partial charge < -0.3 is 8.94 Å². The monoisotopic (exact) mass is 339 g/mol. The predicted molar refractivity (Wildman–Crippen MR) is 83.2 cm³/mol. The van der Waals surface area contributed by atoms with Gasteiger partial charge in [-0.3, -0.25) is 4.90 Å². The number of aromatic nitrogens is 1. The van der Waals surface area contributed by atoms with Gasteiger partial charge in [0.2, 0.25) is 5.09 Å². The van der Waals surface area contributed by atoms with Gasteiger partial charge in [0, 0.05) is 20.2 Å². The van der Waals surface area contributed by atoms with Crippen LogP contribution in [-0.2, 0) is 16.6 Å². The SMILES string of the molecule is Cc1cc([C@@H]2CCCN2Cc2ccc(S(=O)(=O)N(C)C)o2)on1. The second-order valence-corrected chi connectivity index (χ2v) is 8.09. The minimum Gasteiger partial charge on any atom is -0.447 e. The Kier molecular flexibility index (Phi) is 4.31. The van der Waals surface area contributed by atoms with Crippen molar-refractivity contribution >= 4 is 10.0 Å². The lowest BCUT2D eigenvalue weighted by molar-refractivity contribution is 0.189. The summed E-state index contributed by atoms with van der Waals surface area (Å²) in [6.45, 7) is 3.37. The maximum absolute atomic E-state index is 12.1. The van der Waals surface area contributed by atoms with E-state index in [1.54, 1.807) is 6.07 Å². The van der Waals surface area contributed by atoms with Crippen LogP contribution in [-0.4, -0.2) is 43.4 Å². The van der Waals surface area contributed by atoms with Crippen molar-refractivity contribution in [3.63, 3.8) is 0 Å². The first-order valence-electron chi connectivity index (χ1n) is 7.56. The van der Waals surface area contributed by atoms with Gasteiger partial charge in [-0.25, -0.2) is 12.7 Å². The Labute approximate surface area is 135 Å². The molecule has 1 aliphatic rings. The molecule has 8 heteroatoms. The minimum atomic E-state index is -3.53. The highest BCUT2D eigenvalue weighted by molar-refractivity contribution is 7.88. The number of likely N-dealkylation sites (tertiary alicyclic amines) is 1. The van der Waals surface area contributed by atoms with Crippen LogP contribution in [0.4, 0.5) is 0 Å². The minimum absolute atomic E-state index is 0.0243. The van der Waals surface area contributed by atoms with Crippen molar-refractivity contribution in [1.29, 1.82) is 0 Å². The molecule has 3 heterocycles. The molecule has 1 fully saturated rings. The van der Waals surface area contributed by atoms with E-state index in [9.17, 15) is 8.42 Å². The van der Waals surface area contributed by atoms with E-state index in [1.807, 2.05) is 13.0 Å². The first kappa shape index (κ1) is 16.2. The molecule has 126 valence electrons. The first-order valence-corrected chi connectivity index (χ1v) is 9.00. The van der Waals surface area contributed by atoms with Gasteiger partial charge in [-0.1, -0.05) is 5.16 Å². The summed E-state index contributed by atoms with van der Waals surface area (Å²) < 4.78 is 36.2. The number of nitrogens with zero attached hydrogens (tertiary/aromatic N) is 3. The molecule has 2 aromatic rings. The third kappa shape index (κ3) is 3.19. The molecular formula is C15H21N3O4S. The van der Waals surface area contributed by atoms with Gasteiger partial charge in [-0.05, 0) is 38.4 Å². The topological polar surface area (TPSA) is 79.8 Å². The summed E-state index contributed by atoms with van der Waals surface area (Å²) >= 11 is 0. The van der Waals surface area contributed by atoms with Crippen molar-refractivity contribution in [2.75, 3.05) is 20.6 Å². The smallest absolute Gasteiger partial charge is 0.275 e. The van der Waals surface area contributed by atoms with Crippen molar-refractivity contribution < 1.29 is 17.4 Å². The van der Waals surface area contributed by atoms with E-state index in [1.165, 1.54) is 20.2 Å². The van der Waals surface area contributed by atoms with E-state index in [2.05, 4.69) is 10.1 Å². The lowest BCUT2D eigenvalue weighted by Crippen LogP contribution is -2.22. The Morgan fingerprint density at radius 1 is 1.39 bits per heavy atom. The van der Waals surface area contributed by atoms with Crippen LogP contribution in [0.2, 0.25) is 0 Å². The normalized spacial score (nSPS) is 19.7. The average Bonchev–Trinajstić information content (AvgIpc) is 3.19. The lowest BCUT2D eigenvalue weighted by Gasteiger charge is -2.20. The van der Waals surface area contributed by atoms with E-state index < -0.39 is 10.0 Å². The molecule has 1 atom stereocenters. The van der Waals surface area contributed by atoms with Gasteiger partial charge >= 0.3 is 0 Å². The zero-order valence-corrected chi connectivity index (χ0v) is 14.3. The van der Waals surface area contributed by atoms with Gasteiger partial charge in [0.1, 0.15) is 5.76 Å². The second-order valence-electron chi connectivity index (χ2n) is 6.01. The largest absolute Gasteiger partial charge is 0.447 e. The number of hydrogen-bond donors (Lipinski definition) is 0. The highest BCUT2D eigenvalue weighted by Gasteiger charge is 2.30. The number of furan rings is 1. The summed E-state index contributed by atoms with van der Waals surface area (Å²) in [5, 5.41) is 3.92. The summed E-state index contributed by atoms with van der Waals surface area (Å²) in [4.78, 5) is 2.23. The summed E-state index contributed by atoms with van der Waals surface area (Å²) in [5.74, 6) is 1.49. The fourth-order valence-corrected chi connectivity index (χ4v) is 3.65. The molecule has 1 aliphatic heterocycles. The lowest BCUT2D eigenvalue weighted by atomic mass is 10.1. The van der Waals surface area contributed by atoms with Crippen molar-refractivity contribution in [2.24, 2.45) is 0 Å². The van der Waals surface area contributed by atoms with Crippen LogP contribution in [0.3, 0.4) is 0 Å². The fraction of sp³-hybridized carbons (Fsp3) is 0.533. The third-order valence-electron chi connectivity index (χ3n) is 4.07. The van der Waals surface area contributed by atoms with Crippen molar-refractivity contribution in [2.45, 2.75) is 37.4 Å². The van der Waals surface area contributed by atoms with Crippen LogP contribution in [0.15, 0.2) is 32.2 Å². The maximum atomic E-state index is 12.1. The number of sulfonamides is 1. The Morgan fingerprint density at radius 2 is 2.17 bits per heavy atom. The molecule has 0 radical (unpaired) electrons. The Hall–Kier alpha value is -1.64. The molecule has 0 amide bonds. The molecule has 0 bridgehead atoms. The molecule has 0 spiro atoms. The summed E-state index contributed by atoms with van der Waals surface area (Å²) in [5.41, 5.74) is 0.865. The van der Waals surface area contributed by atoms with Crippen LogP contribution in [0, 0.1) is 6.92 Å². The average molecular weight is 339 g/mol. The summed E-state index contributed by atoms with van der Waals surface area (Å²) in [6.07, 6.45) is 2.06. The quantitative estimate of drug-likeness (QED) is 0.830. The van der Waals surface area contributed by atoms with Crippen LogP contribution in [0.25, 0.3) is 0 Å². The van der Waals surface area contributed by atoms with E-state index in [0.717, 1.165) is 35.1 Å². The molecule has 7 nitrogen and oxygen atoms in total. The van der Waals surface area contributed by atoms with Gasteiger partial charge in [0.05, 0.1) is 18.3 Å². The number of hydrogen-bond acceptors (Lipinski definition) is 6. The van der Waals surface area contributed by atoms with E-state index in [4.69, 9.17) is 8.94 Å². The van der Waals surface area contributed by atoms with Gasteiger partial charge in [0.15, 0.2) is 5.76 Å². The van der Waals surface area contributed by atoms with Gasteiger partial charge in [0.25, 0.3) is 10.0 Å². The van der Waals surface area contributed by atoms with Crippen molar-refractivity contribution in [1.82, 2.24) is 14.4 Å². The molecule has 0 unspecified atom stereocenters. The zero-order chi connectivity index (χ0) is 16.6. The highest BCUT2D eigenvalue weighted by atomic mass is 32.2. The molecule has 3 rings (SSSR count). The molecule has 0 aliphatic carbocycles. The van der Waals surface area contributed by atoms with E-state index in [-0.39, 0.29) is 11.1 Å². The van der Waals surface area contributed by atoms with E-state index in [0.29, 0.717) is 12.3 Å². The van der Waals surface area contributed by atoms with Crippen LogP contribution in [0.1, 0.15) is 36.1 Å². The first-order chi connectivity index (χ1) is 10.9. The van der Waals surface area contributed by atoms with Crippen LogP contribution >= 0.6 is 0 Å². The van der Waals surface area contributed by atoms with Crippen LogP contribution < -0.4 is 0 Å². The highest BCUT2D eigenvalue weighted by Crippen LogP contribution is 2.33. The van der Waals surface area contributed by atoms with Crippen molar-refractivity contribution in [3.05, 3.63) is 35.4 Å². The van der Waals surface area contributed by atoms with E-state index >= 15 is 0 Å². The van der Waals surface area contributed by atoms with Gasteiger partial charge in [-0.15, -0.1) is 0 Å². The molecule has 0 aromatic carbocycles. The van der Waals surface area contributed by atoms with Crippen molar-refractivity contribution in [3.8, 4) is 0 Å². The predicted octanol–water partition coefficient (Wildman–Crippen LogP) is 2.16. The molecular weight excluding hydrogens is 318 g/mol. The summed E-state index contributed by atoms with van der Waals surface area (Å²) in [7, 11) is -0.560. The maximum Gasteiger partial charge on any atom is 0.275 e. The zero-order valence-electron chi connectivity index (χ0n) is 13.5. The Bertz CT molecular complexity index is 778. The summed E-state index contributed by atoms with van der Waals surface area (Å²) in [6, 6.07) is 5.34. The Morgan fingerprint density at radius 3 is 2.83 bits per heavy atom. The molecule has 0 saturated carbocycles. The van der Waals surface area contributed by atoms with Crippen LogP contribution in [0.5, 0.6) is 0 Å². The molecule has 2 aromatic heterocycles. The molecule has 1 saturated heterocycles. The van der Waals surface area contributed by atoms with Gasteiger partial charge in [-0.2, -0.15) is 0 Å². The molecule has 0 N–H and O–H groups in total. The standard InChI is InChI=1S/C15H21N3O4S/c1-11-9-14(22-16-11)13-5-4-8-18(13)10-12-6-7-15(21-12)23(19,20)17(2)3/h6-7,9,13H,4-5,8,10H2,1-3H3/t13-/m0/s1.